The molecule has 0 spiro atoms. The van der Waals surface area contributed by atoms with E-state index in [4.69, 9.17) is 0 Å². The number of thiazole rings is 1. The molecule has 0 atom stereocenters. The Morgan fingerprint density at radius 3 is 2.82 bits per heavy atom. The fourth-order valence-corrected chi connectivity index (χ4v) is 1.93. The standard InChI is InChI=1S/C6H5N3S2/c1-4-8-5(2-10-4)6-9-7-3-11-6/h2-3H,1H3. The van der Waals surface area contributed by atoms with Gasteiger partial charge in [0.1, 0.15) is 11.2 Å². The highest BCUT2D eigenvalue weighted by atomic mass is 32.1. The average Bonchev–Trinajstić information content (AvgIpc) is 2.55. The molecule has 0 N–H and O–H groups in total. The van der Waals surface area contributed by atoms with E-state index in [9.17, 15) is 0 Å². The second-order valence-electron chi connectivity index (χ2n) is 2.00. The highest BCUT2D eigenvalue weighted by Gasteiger charge is 2.03. The van der Waals surface area contributed by atoms with Gasteiger partial charge in [0, 0.05) is 5.38 Å². The number of hydrogen-bond donors (Lipinski definition) is 0. The first-order chi connectivity index (χ1) is 5.36. The zero-order valence-corrected chi connectivity index (χ0v) is 7.45. The normalized spacial score (nSPS) is 10.3. The molecule has 0 fully saturated rings. The highest BCUT2D eigenvalue weighted by Crippen LogP contribution is 2.21. The summed E-state index contributed by atoms with van der Waals surface area (Å²) >= 11 is 3.14. The molecule has 3 nitrogen and oxygen atoms in total. The second kappa shape index (κ2) is 2.67. The summed E-state index contributed by atoms with van der Waals surface area (Å²) in [5, 5.41) is 11.6. The summed E-state index contributed by atoms with van der Waals surface area (Å²) < 4.78 is 0. The maximum absolute atomic E-state index is 4.28. The van der Waals surface area contributed by atoms with Gasteiger partial charge in [-0.1, -0.05) is 11.3 Å². The van der Waals surface area contributed by atoms with E-state index in [1.54, 1.807) is 16.8 Å². The minimum atomic E-state index is 0.898. The van der Waals surface area contributed by atoms with Gasteiger partial charge >= 0.3 is 0 Å². The van der Waals surface area contributed by atoms with Gasteiger partial charge in [-0.05, 0) is 6.92 Å². The van der Waals surface area contributed by atoms with Crippen LogP contribution in [0.3, 0.4) is 0 Å². The van der Waals surface area contributed by atoms with E-state index < -0.39 is 0 Å². The van der Waals surface area contributed by atoms with E-state index in [1.807, 2.05) is 12.3 Å². The Bertz CT molecular complexity index is 338. The molecule has 11 heavy (non-hydrogen) atoms. The van der Waals surface area contributed by atoms with E-state index in [-0.39, 0.29) is 0 Å². The number of hydrogen-bond acceptors (Lipinski definition) is 5. The van der Waals surface area contributed by atoms with Crippen LogP contribution in [0.1, 0.15) is 5.01 Å². The summed E-state index contributed by atoms with van der Waals surface area (Å²) in [5.74, 6) is 0. The van der Waals surface area contributed by atoms with Crippen molar-refractivity contribution in [1.29, 1.82) is 0 Å². The zero-order chi connectivity index (χ0) is 7.68. The van der Waals surface area contributed by atoms with Crippen LogP contribution in [0.15, 0.2) is 10.9 Å². The van der Waals surface area contributed by atoms with Gasteiger partial charge < -0.3 is 0 Å². The van der Waals surface area contributed by atoms with Crippen molar-refractivity contribution >= 4 is 22.7 Å². The molecule has 2 aromatic heterocycles. The van der Waals surface area contributed by atoms with Gasteiger partial charge in [-0.25, -0.2) is 4.98 Å². The van der Waals surface area contributed by atoms with Gasteiger partial charge in [0.2, 0.25) is 0 Å². The summed E-state index contributed by atoms with van der Waals surface area (Å²) in [6.45, 7) is 1.98. The summed E-state index contributed by atoms with van der Waals surface area (Å²) in [5.41, 5.74) is 2.65. The Balaban J connectivity index is 2.45. The van der Waals surface area contributed by atoms with Crippen molar-refractivity contribution in [2.24, 2.45) is 0 Å². The summed E-state index contributed by atoms with van der Waals surface area (Å²) in [4.78, 5) is 4.28. The zero-order valence-electron chi connectivity index (χ0n) is 5.81. The number of rotatable bonds is 1. The fourth-order valence-electron chi connectivity index (χ4n) is 0.746. The Morgan fingerprint density at radius 1 is 1.36 bits per heavy atom. The molecular weight excluding hydrogens is 178 g/mol. The van der Waals surface area contributed by atoms with E-state index >= 15 is 0 Å². The number of nitrogens with zero attached hydrogens (tertiary/aromatic N) is 3. The van der Waals surface area contributed by atoms with Crippen LogP contribution < -0.4 is 0 Å². The Kier molecular flexibility index (Phi) is 1.67. The van der Waals surface area contributed by atoms with Crippen molar-refractivity contribution in [3.63, 3.8) is 0 Å². The second-order valence-corrected chi connectivity index (χ2v) is 3.89. The predicted molar refractivity (Wildman–Crippen MR) is 45.8 cm³/mol. The van der Waals surface area contributed by atoms with Gasteiger partial charge in [-0.3, -0.25) is 0 Å². The molecule has 0 aromatic carbocycles. The van der Waals surface area contributed by atoms with Crippen molar-refractivity contribution in [3.8, 4) is 10.7 Å². The third kappa shape index (κ3) is 1.29. The molecule has 5 heteroatoms. The maximum atomic E-state index is 4.28. The van der Waals surface area contributed by atoms with Crippen molar-refractivity contribution in [1.82, 2.24) is 15.2 Å². The molecule has 0 saturated heterocycles. The van der Waals surface area contributed by atoms with Crippen LogP contribution in [-0.2, 0) is 0 Å². The Labute approximate surface area is 71.8 Å². The lowest BCUT2D eigenvalue weighted by atomic mass is 10.5. The molecule has 0 saturated carbocycles. The van der Waals surface area contributed by atoms with Crippen molar-refractivity contribution in [2.75, 3.05) is 0 Å². The van der Waals surface area contributed by atoms with Crippen molar-refractivity contribution in [3.05, 3.63) is 15.9 Å². The van der Waals surface area contributed by atoms with Crippen LogP contribution in [0.4, 0.5) is 0 Å². The topological polar surface area (TPSA) is 38.7 Å². The molecule has 0 aliphatic rings. The largest absolute Gasteiger partial charge is 0.239 e. The summed E-state index contributed by atoms with van der Waals surface area (Å²) in [7, 11) is 0. The predicted octanol–water partition coefficient (Wildman–Crippen LogP) is 1.97. The van der Waals surface area contributed by atoms with Gasteiger partial charge in [0.15, 0.2) is 5.01 Å². The molecular formula is C6H5N3S2. The van der Waals surface area contributed by atoms with Crippen molar-refractivity contribution in [2.45, 2.75) is 6.92 Å². The van der Waals surface area contributed by atoms with E-state index in [0.29, 0.717) is 0 Å². The number of aromatic nitrogens is 3. The van der Waals surface area contributed by atoms with Crippen LogP contribution in [0.25, 0.3) is 10.7 Å². The maximum Gasteiger partial charge on any atom is 0.166 e. The van der Waals surface area contributed by atoms with E-state index in [1.165, 1.54) is 11.3 Å². The van der Waals surface area contributed by atoms with Gasteiger partial charge in [0.05, 0.1) is 5.01 Å². The molecule has 0 amide bonds. The molecule has 0 unspecified atom stereocenters. The Morgan fingerprint density at radius 2 is 2.27 bits per heavy atom. The van der Waals surface area contributed by atoms with Crippen LogP contribution >= 0.6 is 22.7 Å². The van der Waals surface area contributed by atoms with Crippen LogP contribution in [-0.4, -0.2) is 15.2 Å². The molecule has 0 aliphatic heterocycles. The Hall–Kier alpha value is -0.810. The highest BCUT2D eigenvalue weighted by molar-refractivity contribution is 7.13. The van der Waals surface area contributed by atoms with Gasteiger partial charge in [-0.15, -0.1) is 21.5 Å². The van der Waals surface area contributed by atoms with Crippen LogP contribution in [0.2, 0.25) is 0 Å². The molecule has 0 aliphatic carbocycles. The van der Waals surface area contributed by atoms with Gasteiger partial charge in [0.25, 0.3) is 0 Å². The summed E-state index contributed by atoms with van der Waals surface area (Å²) in [6.07, 6.45) is 0. The molecule has 2 aromatic rings. The quantitative estimate of drug-likeness (QED) is 0.678. The number of aryl methyl sites for hydroxylation is 1. The lowest BCUT2D eigenvalue weighted by molar-refractivity contribution is 1.09. The minimum absolute atomic E-state index is 0.898. The lowest BCUT2D eigenvalue weighted by Crippen LogP contribution is -1.75. The first-order valence-corrected chi connectivity index (χ1v) is 4.81. The third-order valence-corrected chi connectivity index (χ3v) is 2.69. The smallest absolute Gasteiger partial charge is 0.166 e. The molecule has 0 bridgehead atoms. The van der Waals surface area contributed by atoms with E-state index in [0.717, 1.165) is 15.7 Å². The van der Waals surface area contributed by atoms with Crippen molar-refractivity contribution < 1.29 is 0 Å². The molecule has 2 heterocycles. The third-order valence-electron chi connectivity index (χ3n) is 1.20. The fraction of sp³-hybridized carbons (Fsp3) is 0.167. The van der Waals surface area contributed by atoms with Gasteiger partial charge in [-0.2, -0.15) is 0 Å². The first-order valence-electron chi connectivity index (χ1n) is 3.05. The average molecular weight is 183 g/mol. The van der Waals surface area contributed by atoms with Crippen LogP contribution in [0, 0.1) is 6.92 Å². The first kappa shape index (κ1) is 6.87. The molecule has 0 radical (unpaired) electrons. The lowest BCUT2D eigenvalue weighted by Gasteiger charge is -1.81. The monoisotopic (exact) mass is 183 g/mol. The summed E-state index contributed by atoms with van der Waals surface area (Å²) in [6, 6.07) is 0. The van der Waals surface area contributed by atoms with Crippen LogP contribution in [0.5, 0.6) is 0 Å². The molecule has 2 rings (SSSR count). The minimum Gasteiger partial charge on any atom is -0.239 e. The van der Waals surface area contributed by atoms with E-state index in [2.05, 4.69) is 15.2 Å². The SMILES string of the molecule is Cc1nc(-c2nncs2)cs1. The molecule has 56 valence electrons.